The molecule has 0 saturated heterocycles. The zero-order chi connectivity index (χ0) is 15.8. The summed E-state index contributed by atoms with van der Waals surface area (Å²) >= 11 is 1.70. The summed E-state index contributed by atoms with van der Waals surface area (Å²) in [7, 11) is 0. The largest absolute Gasteiger partial charge is 0.343 e. The van der Waals surface area contributed by atoms with Gasteiger partial charge in [-0.25, -0.2) is 9.89 Å². The highest BCUT2D eigenvalue weighted by atomic mass is 32.1. The molecule has 6 nitrogen and oxygen atoms in total. The molecule has 4 aromatic rings. The van der Waals surface area contributed by atoms with Gasteiger partial charge in [-0.05, 0) is 36.1 Å². The lowest BCUT2D eigenvalue weighted by Gasteiger charge is -1.97. The van der Waals surface area contributed by atoms with Crippen LogP contribution in [0.15, 0.2) is 47.8 Å². The second kappa shape index (κ2) is 5.51. The number of aromatic nitrogens is 5. The summed E-state index contributed by atoms with van der Waals surface area (Å²) in [5.74, 6) is 0. The molecule has 0 fully saturated rings. The summed E-state index contributed by atoms with van der Waals surface area (Å²) < 4.78 is 4.70. The van der Waals surface area contributed by atoms with Gasteiger partial charge in [-0.1, -0.05) is 6.07 Å². The van der Waals surface area contributed by atoms with Crippen molar-refractivity contribution in [3.8, 4) is 11.1 Å². The Morgan fingerprint density at radius 3 is 2.91 bits per heavy atom. The molecule has 3 heterocycles. The molecule has 4 rings (SSSR count). The second-order valence-corrected chi connectivity index (χ2v) is 6.51. The van der Waals surface area contributed by atoms with Crippen LogP contribution >= 0.6 is 11.3 Å². The van der Waals surface area contributed by atoms with Crippen molar-refractivity contribution in [2.24, 2.45) is 0 Å². The predicted molar refractivity (Wildman–Crippen MR) is 90.7 cm³/mol. The van der Waals surface area contributed by atoms with Gasteiger partial charge in [0.2, 0.25) is 0 Å². The molecule has 3 aromatic heterocycles. The van der Waals surface area contributed by atoms with Gasteiger partial charge < -0.3 is 0 Å². The van der Waals surface area contributed by atoms with E-state index in [2.05, 4.69) is 52.7 Å². The molecule has 7 heteroatoms. The fraction of sp³-hybridized carbons (Fsp3) is 0.188. The number of thiophene rings is 1. The molecular formula is C16H15N5OS. The van der Waals surface area contributed by atoms with Crippen LogP contribution in [-0.4, -0.2) is 24.5 Å². The van der Waals surface area contributed by atoms with Crippen molar-refractivity contribution in [2.45, 2.75) is 20.0 Å². The molecule has 0 amide bonds. The van der Waals surface area contributed by atoms with Crippen LogP contribution in [0.25, 0.3) is 21.2 Å². The summed E-state index contributed by atoms with van der Waals surface area (Å²) in [6.45, 7) is 3.48. The van der Waals surface area contributed by atoms with Gasteiger partial charge in [0.15, 0.2) is 0 Å². The molecule has 0 atom stereocenters. The van der Waals surface area contributed by atoms with E-state index in [1.807, 2.05) is 10.9 Å². The summed E-state index contributed by atoms with van der Waals surface area (Å²) in [5, 5.41) is 11.7. The van der Waals surface area contributed by atoms with Crippen LogP contribution in [-0.2, 0) is 13.1 Å². The van der Waals surface area contributed by atoms with Gasteiger partial charge >= 0.3 is 5.69 Å². The lowest BCUT2D eigenvalue weighted by molar-refractivity contribution is 0.660. The lowest BCUT2D eigenvalue weighted by atomic mass is 10.1. The van der Waals surface area contributed by atoms with Crippen LogP contribution in [0.2, 0.25) is 0 Å². The van der Waals surface area contributed by atoms with Crippen molar-refractivity contribution in [3.63, 3.8) is 0 Å². The van der Waals surface area contributed by atoms with E-state index in [0.29, 0.717) is 6.54 Å². The molecular weight excluding hydrogens is 310 g/mol. The highest BCUT2D eigenvalue weighted by molar-refractivity contribution is 7.19. The third-order valence-corrected chi connectivity index (χ3v) is 4.90. The average Bonchev–Trinajstić information content (AvgIpc) is 3.27. The number of hydrogen-bond acceptors (Lipinski definition) is 4. The summed E-state index contributed by atoms with van der Waals surface area (Å²) in [5.41, 5.74) is 2.09. The van der Waals surface area contributed by atoms with Gasteiger partial charge in [0.25, 0.3) is 0 Å². The van der Waals surface area contributed by atoms with E-state index in [1.165, 1.54) is 16.4 Å². The third-order valence-electron chi connectivity index (χ3n) is 3.80. The van der Waals surface area contributed by atoms with E-state index < -0.39 is 0 Å². The van der Waals surface area contributed by atoms with E-state index in [-0.39, 0.29) is 5.69 Å². The van der Waals surface area contributed by atoms with Crippen molar-refractivity contribution in [3.05, 3.63) is 58.3 Å². The number of rotatable bonds is 4. The maximum absolute atomic E-state index is 11.5. The van der Waals surface area contributed by atoms with Crippen LogP contribution in [0.4, 0.5) is 0 Å². The van der Waals surface area contributed by atoms with Gasteiger partial charge in [0, 0.05) is 27.9 Å². The van der Waals surface area contributed by atoms with Gasteiger partial charge in [0.05, 0.1) is 12.7 Å². The predicted octanol–water partition coefficient (Wildman–Crippen LogP) is 2.72. The number of hydrogen-bond donors (Lipinski definition) is 1. The number of aryl methyl sites for hydroxylation is 1. The van der Waals surface area contributed by atoms with Crippen LogP contribution in [0.5, 0.6) is 0 Å². The quantitative estimate of drug-likeness (QED) is 0.627. The van der Waals surface area contributed by atoms with Gasteiger partial charge in [0.1, 0.15) is 6.33 Å². The molecule has 0 bridgehead atoms. The van der Waals surface area contributed by atoms with Crippen molar-refractivity contribution in [1.29, 1.82) is 0 Å². The smallest absolute Gasteiger partial charge is 0.276 e. The molecule has 0 aliphatic carbocycles. The molecule has 0 unspecified atom stereocenters. The first-order valence-corrected chi connectivity index (χ1v) is 8.19. The molecule has 0 radical (unpaired) electrons. The van der Waals surface area contributed by atoms with Crippen molar-refractivity contribution >= 4 is 21.4 Å². The average molecular weight is 325 g/mol. The zero-order valence-corrected chi connectivity index (χ0v) is 13.4. The summed E-state index contributed by atoms with van der Waals surface area (Å²) in [6.07, 6.45) is 5.47. The van der Waals surface area contributed by atoms with Crippen LogP contribution < -0.4 is 5.69 Å². The third kappa shape index (κ3) is 2.59. The van der Waals surface area contributed by atoms with Crippen molar-refractivity contribution < 1.29 is 0 Å². The van der Waals surface area contributed by atoms with Gasteiger partial charge in [-0.15, -0.1) is 11.3 Å². The first-order valence-electron chi connectivity index (χ1n) is 7.38. The molecule has 1 aromatic carbocycles. The standard InChI is InChI=1S/C16H15N5OS/c1-2-21-8-13(7-18-21)11-3-4-15-12(5-11)6-14(23-15)9-20-10-17-19-16(20)22/h3-8,10H,2,9H2,1H3,(H,19,22). The van der Waals surface area contributed by atoms with E-state index >= 15 is 0 Å². The first-order chi connectivity index (χ1) is 11.2. The van der Waals surface area contributed by atoms with Crippen LogP contribution in [0, 0.1) is 0 Å². The Morgan fingerprint density at radius 1 is 1.26 bits per heavy atom. The number of fused-ring (bicyclic) bond motifs is 1. The minimum atomic E-state index is -0.185. The van der Waals surface area contributed by atoms with Gasteiger partial charge in [-0.2, -0.15) is 10.2 Å². The normalized spacial score (nSPS) is 11.3. The maximum atomic E-state index is 11.5. The second-order valence-electron chi connectivity index (χ2n) is 5.34. The molecule has 23 heavy (non-hydrogen) atoms. The lowest BCUT2D eigenvalue weighted by Crippen LogP contribution is -2.16. The SMILES string of the molecule is CCn1cc(-c2ccc3sc(Cn4cn[nH]c4=O)cc3c2)cn1. The summed E-state index contributed by atoms with van der Waals surface area (Å²) in [6, 6.07) is 8.54. The number of H-pyrrole nitrogens is 1. The first kappa shape index (κ1) is 14.0. The van der Waals surface area contributed by atoms with E-state index in [0.717, 1.165) is 22.5 Å². The molecule has 1 N–H and O–H groups in total. The number of nitrogens with zero attached hydrogens (tertiary/aromatic N) is 4. The Balaban J connectivity index is 1.69. The Hall–Kier alpha value is -2.67. The Morgan fingerprint density at radius 2 is 2.17 bits per heavy atom. The molecule has 0 spiro atoms. The minimum absolute atomic E-state index is 0.185. The number of aromatic amines is 1. The van der Waals surface area contributed by atoms with E-state index in [1.54, 1.807) is 15.9 Å². The molecule has 0 saturated carbocycles. The van der Waals surface area contributed by atoms with Crippen LogP contribution in [0.1, 0.15) is 11.8 Å². The maximum Gasteiger partial charge on any atom is 0.343 e. The fourth-order valence-corrected chi connectivity index (χ4v) is 3.64. The fourth-order valence-electron chi connectivity index (χ4n) is 2.59. The molecule has 0 aliphatic rings. The van der Waals surface area contributed by atoms with Crippen molar-refractivity contribution in [1.82, 2.24) is 24.5 Å². The summed E-state index contributed by atoms with van der Waals surface area (Å²) in [4.78, 5) is 12.7. The van der Waals surface area contributed by atoms with Crippen LogP contribution in [0.3, 0.4) is 0 Å². The molecule has 0 aliphatic heterocycles. The topological polar surface area (TPSA) is 68.5 Å². The molecule has 116 valence electrons. The van der Waals surface area contributed by atoms with E-state index in [4.69, 9.17) is 0 Å². The van der Waals surface area contributed by atoms with E-state index in [9.17, 15) is 4.79 Å². The number of nitrogens with one attached hydrogen (secondary N) is 1. The Labute approximate surface area is 136 Å². The zero-order valence-electron chi connectivity index (χ0n) is 12.6. The number of benzene rings is 1. The van der Waals surface area contributed by atoms with Crippen molar-refractivity contribution in [2.75, 3.05) is 0 Å². The van der Waals surface area contributed by atoms with Gasteiger partial charge in [-0.3, -0.25) is 9.25 Å². The minimum Gasteiger partial charge on any atom is -0.276 e. The highest BCUT2D eigenvalue weighted by Crippen LogP contribution is 2.30. The highest BCUT2D eigenvalue weighted by Gasteiger charge is 2.07. The monoisotopic (exact) mass is 325 g/mol. The Bertz CT molecular complexity index is 1020. The Kier molecular flexibility index (Phi) is 3.34.